The Morgan fingerprint density at radius 3 is 2.39 bits per heavy atom. The molecule has 1 amide bonds. The number of ether oxygens (including phenoxy) is 1. The van der Waals surface area contributed by atoms with Gasteiger partial charge in [0.25, 0.3) is 5.91 Å². The largest absolute Gasteiger partial charge is 0.755 e. The minimum atomic E-state index is -3.68. The van der Waals surface area contributed by atoms with E-state index < -0.39 is 27.2 Å². The van der Waals surface area contributed by atoms with E-state index in [0.717, 1.165) is 15.6 Å². The SMILES string of the molecule is O=C(Nc1ccc(S(=O)(=O)N2CCOCC2)cc1)c1cc(Cl)ccc1N(c1cc(Br)c(Br)s1)S(=O)[O-]. The normalized spacial score (nSPS) is 15.4. The molecule has 0 radical (unpaired) electrons. The lowest BCUT2D eigenvalue weighted by Crippen LogP contribution is -2.40. The number of nitrogens with one attached hydrogen (secondary N) is 1. The van der Waals surface area contributed by atoms with Gasteiger partial charge in [0.15, 0.2) is 0 Å². The first-order valence-electron chi connectivity index (χ1n) is 10.2. The number of nitrogens with zero attached hydrogens (tertiary/aromatic N) is 2. The number of hydrogen-bond acceptors (Lipinski definition) is 7. The van der Waals surface area contributed by atoms with Crippen LogP contribution >= 0.6 is 54.8 Å². The van der Waals surface area contributed by atoms with Crippen LogP contribution in [0.4, 0.5) is 16.4 Å². The molecule has 2 aromatic carbocycles. The summed E-state index contributed by atoms with van der Waals surface area (Å²) in [6.07, 6.45) is 0. The van der Waals surface area contributed by atoms with Crippen molar-refractivity contribution in [3.63, 3.8) is 0 Å². The lowest BCUT2D eigenvalue weighted by Gasteiger charge is -2.27. The molecule has 1 aliphatic rings. The quantitative estimate of drug-likeness (QED) is 0.342. The molecule has 15 heteroatoms. The Labute approximate surface area is 236 Å². The highest BCUT2D eigenvalue weighted by Crippen LogP contribution is 2.42. The monoisotopic (exact) mass is 696 g/mol. The highest BCUT2D eigenvalue weighted by Gasteiger charge is 2.26. The van der Waals surface area contributed by atoms with E-state index in [9.17, 15) is 22.0 Å². The van der Waals surface area contributed by atoms with Gasteiger partial charge in [-0.25, -0.2) is 8.42 Å². The number of amides is 1. The van der Waals surface area contributed by atoms with E-state index in [2.05, 4.69) is 37.2 Å². The van der Waals surface area contributed by atoms with Crippen molar-refractivity contribution >= 4 is 98.4 Å². The number of hydrogen-bond donors (Lipinski definition) is 1. The number of halogens is 3. The van der Waals surface area contributed by atoms with E-state index in [1.807, 2.05) is 0 Å². The number of benzene rings is 2. The van der Waals surface area contributed by atoms with Crippen LogP contribution in [0.1, 0.15) is 10.4 Å². The zero-order valence-electron chi connectivity index (χ0n) is 18.1. The van der Waals surface area contributed by atoms with Gasteiger partial charge in [0.1, 0.15) is 5.00 Å². The van der Waals surface area contributed by atoms with Crippen LogP contribution in [0.3, 0.4) is 0 Å². The molecule has 1 atom stereocenters. The molecule has 0 spiro atoms. The topological polar surface area (TPSA) is 119 Å². The minimum Gasteiger partial charge on any atom is -0.755 e. The minimum absolute atomic E-state index is 0.0114. The summed E-state index contributed by atoms with van der Waals surface area (Å²) in [6, 6.07) is 11.6. The highest BCUT2D eigenvalue weighted by atomic mass is 79.9. The molecule has 3 aromatic rings. The zero-order valence-corrected chi connectivity index (χ0v) is 24.5. The number of thiophene rings is 1. The van der Waals surface area contributed by atoms with E-state index in [0.29, 0.717) is 32.2 Å². The average molecular weight is 699 g/mol. The van der Waals surface area contributed by atoms with Gasteiger partial charge in [-0.15, -0.1) is 11.3 Å². The third kappa shape index (κ3) is 6.03. The van der Waals surface area contributed by atoms with Crippen molar-refractivity contribution in [2.24, 2.45) is 0 Å². The molecule has 192 valence electrons. The molecule has 1 aromatic heterocycles. The van der Waals surface area contributed by atoms with E-state index in [1.165, 1.54) is 46.8 Å². The summed E-state index contributed by atoms with van der Waals surface area (Å²) in [5, 5.41) is 3.26. The smallest absolute Gasteiger partial charge is 0.257 e. The Balaban J connectivity index is 1.61. The standard InChI is InChI=1S/C21H18Br2ClN3O6S3/c22-17-12-19(34-20(17)23)27(35(29)30)18-6-1-13(24)11-16(18)21(28)25-14-2-4-15(5-3-14)36(31,32)26-7-9-33-10-8-26/h1-6,11-12H,7-10H2,(H,25,28)(H,29,30)/p-1. The number of morpholine rings is 1. The van der Waals surface area contributed by atoms with Gasteiger partial charge < -0.3 is 14.6 Å². The van der Waals surface area contributed by atoms with Gasteiger partial charge >= 0.3 is 0 Å². The van der Waals surface area contributed by atoms with Crippen molar-refractivity contribution < 1.29 is 26.7 Å². The lowest BCUT2D eigenvalue weighted by molar-refractivity contribution is 0.0730. The number of carbonyl (C=O) groups is 1. The molecule has 1 N–H and O–H groups in total. The average Bonchev–Trinajstić information content (AvgIpc) is 3.18. The Morgan fingerprint density at radius 1 is 1.14 bits per heavy atom. The second-order valence-corrected chi connectivity index (χ2v) is 13.8. The number of anilines is 3. The van der Waals surface area contributed by atoms with Crippen LogP contribution in [-0.2, 0) is 26.0 Å². The van der Waals surface area contributed by atoms with Crippen LogP contribution in [0.5, 0.6) is 0 Å². The Kier molecular flexibility index (Phi) is 8.90. The van der Waals surface area contributed by atoms with Crippen molar-refractivity contribution in [2.45, 2.75) is 4.90 Å². The van der Waals surface area contributed by atoms with Crippen LogP contribution in [0.2, 0.25) is 5.02 Å². The van der Waals surface area contributed by atoms with Crippen LogP contribution < -0.4 is 9.62 Å². The van der Waals surface area contributed by atoms with Crippen molar-refractivity contribution in [1.82, 2.24) is 4.31 Å². The summed E-state index contributed by atoms with van der Waals surface area (Å²) < 4.78 is 58.9. The number of sulfonamides is 1. The molecular formula is C21H17Br2ClN3O6S3-. The third-order valence-corrected chi connectivity index (χ3v) is 11.3. The van der Waals surface area contributed by atoms with Crippen LogP contribution in [0.15, 0.2) is 61.7 Å². The van der Waals surface area contributed by atoms with Crippen LogP contribution in [0.25, 0.3) is 0 Å². The van der Waals surface area contributed by atoms with Gasteiger partial charge in [0.2, 0.25) is 10.0 Å². The maximum Gasteiger partial charge on any atom is 0.257 e. The predicted molar refractivity (Wildman–Crippen MR) is 146 cm³/mol. The van der Waals surface area contributed by atoms with Crippen molar-refractivity contribution in [2.75, 3.05) is 35.9 Å². The fraction of sp³-hybridized carbons (Fsp3) is 0.190. The summed E-state index contributed by atoms with van der Waals surface area (Å²) >= 11 is 11.2. The highest BCUT2D eigenvalue weighted by molar-refractivity contribution is 9.13. The van der Waals surface area contributed by atoms with Crippen molar-refractivity contribution in [3.8, 4) is 0 Å². The first-order chi connectivity index (χ1) is 17.1. The molecule has 0 aliphatic carbocycles. The van der Waals surface area contributed by atoms with Crippen LogP contribution in [0, 0.1) is 0 Å². The fourth-order valence-electron chi connectivity index (χ4n) is 3.42. The number of rotatable bonds is 7. The Bertz CT molecular complexity index is 1390. The second kappa shape index (κ2) is 11.6. The molecule has 0 bridgehead atoms. The molecular weight excluding hydrogens is 682 g/mol. The van der Waals surface area contributed by atoms with Crippen LogP contribution in [-0.4, -0.2) is 53.7 Å². The molecule has 1 unspecified atom stereocenters. The van der Waals surface area contributed by atoms with Crippen molar-refractivity contribution in [1.29, 1.82) is 0 Å². The molecule has 4 rings (SSSR count). The van der Waals surface area contributed by atoms with Gasteiger partial charge in [-0.05, 0) is 80.4 Å². The first-order valence-corrected chi connectivity index (χ1v) is 15.5. The predicted octanol–water partition coefficient (Wildman–Crippen LogP) is 5.13. The van der Waals surface area contributed by atoms with Crippen molar-refractivity contribution in [3.05, 3.63) is 67.4 Å². The van der Waals surface area contributed by atoms with Gasteiger partial charge in [-0.1, -0.05) is 11.6 Å². The summed E-state index contributed by atoms with van der Waals surface area (Å²) in [5.41, 5.74) is 0.429. The number of carbonyl (C=O) groups excluding carboxylic acids is 1. The van der Waals surface area contributed by atoms with E-state index in [-0.39, 0.29) is 34.3 Å². The zero-order chi connectivity index (χ0) is 26.0. The molecule has 1 fully saturated rings. The summed E-state index contributed by atoms with van der Waals surface area (Å²) in [7, 11) is -3.68. The molecule has 1 aliphatic heterocycles. The third-order valence-electron chi connectivity index (χ3n) is 5.12. The summed E-state index contributed by atoms with van der Waals surface area (Å²) in [5.74, 6) is -0.624. The Morgan fingerprint density at radius 2 is 1.81 bits per heavy atom. The van der Waals surface area contributed by atoms with Gasteiger partial charge in [0, 0.05) is 28.3 Å². The van der Waals surface area contributed by atoms with E-state index in [1.54, 1.807) is 6.07 Å². The maximum atomic E-state index is 13.2. The fourth-order valence-corrected chi connectivity index (χ4v) is 7.73. The summed E-state index contributed by atoms with van der Waals surface area (Å²) in [6.45, 7) is 1.21. The van der Waals surface area contributed by atoms with Gasteiger partial charge in [0.05, 0.1) is 44.4 Å². The Hall–Kier alpha value is -1.36. The molecule has 36 heavy (non-hydrogen) atoms. The molecule has 2 heterocycles. The van der Waals surface area contributed by atoms with Gasteiger partial charge in [-0.2, -0.15) is 4.31 Å². The van der Waals surface area contributed by atoms with Gasteiger partial charge in [-0.3, -0.25) is 13.3 Å². The molecule has 9 nitrogen and oxygen atoms in total. The summed E-state index contributed by atoms with van der Waals surface area (Å²) in [4.78, 5) is 13.3. The lowest BCUT2D eigenvalue weighted by atomic mass is 10.1. The first kappa shape index (κ1) is 27.7. The maximum absolute atomic E-state index is 13.2. The molecule has 1 saturated heterocycles. The van der Waals surface area contributed by atoms with E-state index in [4.69, 9.17) is 16.3 Å². The van der Waals surface area contributed by atoms with E-state index >= 15 is 0 Å². The second-order valence-electron chi connectivity index (χ2n) is 7.37. The molecule has 0 saturated carbocycles.